The molecule has 0 unspecified atom stereocenters. The molecule has 286 valence electrons. The van der Waals surface area contributed by atoms with Gasteiger partial charge >= 0.3 is 0 Å². The van der Waals surface area contributed by atoms with Gasteiger partial charge in [-0.1, -0.05) is 121 Å². The third-order valence-corrected chi connectivity index (χ3v) is 12.8. The molecule has 0 radical (unpaired) electrons. The van der Waals surface area contributed by atoms with Gasteiger partial charge in [-0.3, -0.25) is 0 Å². The van der Waals surface area contributed by atoms with Crippen LogP contribution in [0.25, 0.3) is 110 Å². The zero-order valence-corrected chi connectivity index (χ0v) is 33.2. The molecule has 0 N–H and O–H groups in total. The quantitative estimate of drug-likeness (QED) is 0.178. The molecule has 0 saturated carbocycles. The van der Waals surface area contributed by atoms with Crippen LogP contribution in [0, 0.1) is 22.7 Å². The molecule has 0 amide bonds. The average molecular weight is 789 g/mol. The number of rotatable bonds is 4. The van der Waals surface area contributed by atoms with Crippen LogP contribution < -0.4 is 0 Å². The summed E-state index contributed by atoms with van der Waals surface area (Å²) in [7, 11) is 0. The molecule has 0 bridgehead atoms. The van der Waals surface area contributed by atoms with Crippen LogP contribution >= 0.6 is 0 Å². The van der Waals surface area contributed by atoms with Gasteiger partial charge < -0.3 is 18.3 Å². The largest absolute Gasteiger partial charge is 0.309 e. The Morgan fingerprint density at radius 3 is 1.23 bits per heavy atom. The lowest BCUT2D eigenvalue weighted by Crippen LogP contribution is -2.07. The van der Waals surface area contributed by atoms with Gasteiger partial charge in [0.1, 0.15) is 6.07 Å². The van der Waals surface area contributed by atoms with Gasteiger partial charge in [0.2, 0.25) is 0 Å². The SMILES string of the molecule is N#Cc1cc(C#N)c(-n2c3ccccc3c3ccc4c(c5ccccc5n4-c4ccccc4)c32)c(-n2c3ccccc3c3ccc4c(c5ccccc5n4-c4ccccc4)c32)c1. The van der Waals surface area contributed by atoms with Crippen molar-refractivity contribution in [3.8, 4) is 34.9 Å². The number of para-hydroxylation sites is 6. The van der Waals surface area contributed by atoms with Crippen LogP contribution in [0.5, 0.6) is 0 Å². The molecule has 0 aliphatic carbocycles. The monoisotopic (exact) mass is 788 g/mol. The zero-order valence-electron chi connectivity index (χ0n) is 33.2. The third kappa shape index (κ3) is 4.50. The lowest BCUT2D eigenvalue weighted by molar-refractivity contribution is 1.09. The predicted octanol–water partition coefficient (Wildman–Crippen LogP) is 13.8. The van der Waals surface area contributed by atoms with Crippen molar-refractivity contribution in [2.24, 2.45) is 0 Å². The Morgan fingerprint density at radius 1 is 0.323 bits per heavy atom. The molecule has 0 atom stereocenters. The summed E-state index contributed by atoms with van der Waals surface area (Å²) >= 11 is 0. The summed E-state index contributed by atoms with van der Waals surface area (Å²) in [4.78, 5) is 0. The molecule has 0 spiro atoms. The van der Waals surface area contributed by atoms with Crippen molar-refractivity contribution in [2.75, 3.05) is 0 Å². The highest BCUT2D eigenvalue weighted by atomic mass is 15.1. The van der Waals surface area contributed by atoms with Gasteiger partial charge in [0.05, 0.1) is 72.7 Å². The van der Waals surface area contributed by atoms with Crippen LogP contribution in [0.1, 0.15) is 11.1 Å². The summed E-state index contributed by atoms with van der Waals surface area (Å²) in [5, 5.41) is 30.8. The van der Waals surface area contributed by atoms with E-state index in [1.54, 1.807) is 6.07 Å². The van der Waals surface area contributed by atoms with Crippen LogP contribution in [0.4, 0.5) is 0 Å². The van der Waals surface area contributed by atoms with E-state index in [1.807, 2.05) is 18.2 Å². The maximum atomic E-state index is 11.3. The number of hydrogen-bond acceptors (Lipinski definition) is 2. The van der Waals surface area contributed by atoms with Crippen molar-refractivity contribution in [1.29, 1.82) is 10.5 Å². The summed E-state index contributed by atoms with van der Waals surface area (Å²) in [6.07, 6.45) is 0. The van der Waals surface area contributed by atoms with Gasteiger partial charge in [0.25, 0.3) is 0 Å². The minimum atomic E-state index is 0.412. The third-order valence-electron chi connectivity index (χ3n) is 12.8. The van der Waals surface area contributed by atoms with Gasteiger partial charge in [-0.15, -0.1) is 0 Å². The van der Waals surface area contributed by atoms with Gasteiger partial charge in [0.15, 0.2) is 0 Å². The first-order valence-electron chi connectivity index (χ1n) is 20.7. The minimum absolute atomic E-state index is 0.412. The topological polar surface area (TPSA) is 67.3 Å². The van der Waals surface area contributed by atoms with Crippen molar-refractivity contribution in [3.05, 3.63) is 205 Å². The fraction of sp³-hybridized carbons (Fsp3) is 0. The number of nitrogens with zero attached hydrogens (tertiary/aromatic N) is 6. The van der Waals surface area contributed by atoms with Crippen LogP contribution in [0.2, 0.25) is 0 Å². The second kappa shape index (κ2) is 12.8. The summed E-state index contributed by atoms with van der Waals surface area (Å²) in [5.74, 6) is 0. The van der Waals surface area contributed by atoms with Gasteiger partial charge in [-0.2, -0.15) is 10.5 Å². The van der Waals surface area contributed by atoms with E-state index in [0.717, 1.165) is 104 Å². The Labute approximate surface area is 354 Å². The Hall–Kier alpha value is -8.84. The molecule has 4 aromatic heterocycles. The fourth-order valence-electron chi connectivity index (χ4n) is 10.4. The molecule has 9 aromatic carbocycles. The predicted molar refractivity (Wildman–Crippen MR) is 253 cm³/mol. The van der Waals surface area contributed by atoms with Crippen molar-refractivity contribution in [3.63, 3.8) is 0 Å². The lowest BCUT2D eigenvalue weighted by atomic mass is 10.0. The molecular formula is C56H32N6. The van der Waals surface area contributed by atoms with E-state index in [0.29, 0.717) is 16.8 Å². The standard InChI is InChI=1S/C56H32N6/c57-33-35-31-36(34-58)54(62-46-24-12-8-20-40(46)42-28-30-50-53(56(42)62)44-22-10-14-26-48(44)60(50)38-17-5-2-6-18-38)51(32-35)61-45-23-11-7-19-39(45)41-27-29-49-52(55(41)61)43-21-9-13-25-47(43)59(49)37-15-3-1-4-16-37/h1-32H. The van der Waals surface area contributed by atoms with Crippen molar-refractivity contribution >= 4 is 87.2 Å². The van der Waals surface area contributed by atoms with Crippen LogP contribution in [0.15, 0.2) is 194 Å². The van der Waals surface area contributed by atoms with E-state index in [-0.39, 0.29) is 0 Å². The second-order valence-electron chi connectivity index (χ2n) is 15.9. The molecule has 6 heteroatoms. The van der Waals surface area contributed by atoms with E-state index in [2.05, 4.69) is 200 Å². The maximum Gasteiger partial charge on any atom is 0.101 e. The van der Waals surface area contributed by atoms with Crippen LogP contribution in [0.3, 0.4) is 0 Å². The highest BCUT2D eigenvalue weighted by Crippen LogP contribution is 2.47. The van der Waals surface area contributed by atoms with Gasteiger partial charge in [0, 0.05) is 54.5 Å². The van der Waals surface area contributed by atoms with Crippen molar-refractivity contribution < 1.29 is 0 Å². The molecule has 62 heavy (non-hydrogen) atoms. The van der Waals surface area contributed by atoms with E-state index < -0.39 is 0 Å². The first kappa shape index (κ1) is 34.1. The maximum absolute atomic E-state index is 11.3. The van der Waals surface area contributed by atoms with Crippen LogP contribution in [-0.2, 0) is 0 Å². The smallest absolute Gasteiger partial charge is 0.101 e. The Morgan fingerprint density at radius 2 is 0.742 bits per heavy atom. The van der Waals surface area contributed by atoms with E-state index in [1.165, 1.54) is 0 Å². The Kier molecular flexibility index (Phi) is 7.05. The number of nitriles is 2. The highest BCUT2D eigenvalue weighted by molar-refractivity contribution is 6.28. The number of aromatic nitrogens is 4. The average Bonchev–Trinajstić information content (AvgIpc) is 4.06. The Bertz CT molecular complexity index is 4110. The first-order valence-corrected chi connectivity index (χ1v) is 20.7. The normalized spacial score (nSPS) is 11.8. The lowest BCUT2D eigenvalue weighted by Gasteiger charge is -2.19. The molecule has 13 aromatic rings. The first-order chi connectivity index (χ1) is 30.7. The van der Waals surface area contributed by atoms with Crippen molar-refractivity contribution in [1.82, 2.24) is 18.3 Å². The summed E-state index contributed by atoms with van der Waals surface area (Å²) in [6.45, 7) is 0. The molecular weight excluding hydrogens is 757 g/mol. The van der Waals surface area contributed by atoms with Gasteiger partial charge in [-0.05, 0) is 72.8 Å². The molecule has 0 fully saturated rings. The molecule has 0 aliphatic heterocycles. The fourth-order valence-corrected chi connectivity index (χ4v) is 10.4. The zero-order chi connectivity index (χ0) is 41.1. The summed E-state index contributed by atoms with van der Waals surface area (Å²) < 4.78 is 9.30. The highest BCUT2D eigenvalue weighted by Gasteiger charge is 2.27. The van der Waals surface area contributed by atoms with E-state index >= 15 is 0 Å². The molecule has 13 rings (SSSR count). The molecule has 0 saturated heterocycles. The van der Waals surface area contributed by atoms with Gasteiger partial charge in [-0.25, -0.2) is 0 Å². The number of benzene rings is 9. The molecule has 6 nitrogen and oxygen atoms in total. The van der Waals surface area contributed by atoms with E-state index in [9.17, 15) is 10.5 Å². The van der Waals surface area contributed by atoms with Crippen molar-refractivity contribution in [2.45, 2.75) is 0 Å². The second-order valence-corrected chi connectivity index (χ2v) is 15.9. The van der Waals surface area contributed by atoms with E-state index in [4.69, 9.17) is 0 Å². The molecule has 0 aliphatic rings. The Balaban J connectivity index is 1.26. The van der Waals surface area contributed by atoms with Crippen LogP contribution in [-0.4, -0.2) is 18.3 Å². The summed E-state index contributed by atoms with van der Waals surface area (Å²) in [5.41, 5.74) is 12.7. The summed E-state index contributed by atoms with van der Waals surface area (Å²) in [6, 6.07) is 72.8. The number of fused-ring (bicyclic) bond motifs is 14. The number of hydrogen-bond donors (Lipinski definition) is 0. The minimum Gasteiger partial charge on any atom is -0.309 e. The molecule has 4 heterocycles.